The molecule has 1 unspecified atom stereocenters. The molecule has 29 heavy (non-hydrogen) atoms. The van der Waals surface area contributed by atoms with Crippen molar-refractivity contribution in [2.45, 2.75) is 19.4 Å². The van der Waals surface area contributed by atoms with Gasteiger partial charge in [0.2, 0.25) is 0 Å². The number of ether oxygens (including phenoxy) is 2. The van der Waals surface area contributed by atoms with Gasteiger partial charge in [0.05, 0.1) is 12.0 Å². The van der Waals surface area contributed by atoms with Crippen molar-refractivity contribution in [2.75, 3.05) is 0 Å². The largest absolute Gasteiger partial charge is 0.484 e. The first kappa shape index (κ1) is 18.7. The molecule has 0 aliphatic carbocycles. The van der Waals surface area contributed by atoms with E-state index in [1.807, 2.05) is 61.5 Å². The second-order valence-electron chi connectivity index (χ2n) is 6.97. The third-order valence-electron chi connectivity index (χ3n) is 4.74. The Labute approximate surface area is 169 Å². The molecule has 4 heteroatoms. The second kappa shape index (κ2) is 8.15. The maximum Gasteiger partial charge on any atom is 0.336 e. The van der Waals surface area contributed by atoms with Crippen molar-refractivity contribution in [3.05, 3.63) is 101 Å². The highest BCUT2D eigenvalue weighted by molar-refractivity contribution is 6.00. The summed E-state index contributed by atoms with van der Waals surface area (Å²) in [6, 6.07) is 22.3. The van der Waals surface area contributed by atoms with Gasteiger partial charge in [-0.1, -0.05) is 60.2 Å². The Morgan fingerprint density at radius 3 is 2.66 bits per heavy atom. The lowest BCUT2D eigenvalue weighted by atomic mass is 9.96. The van der Waals surface area contributed by atoms with Crippen molar-refractivity contribution in [3.63, 3.8) is 0 Å². The summed E-state index contributed by atoms with van der Waals surface area (Å²) in [6.45, 7) is 1.99. The molecule has 1 heterocycles. The molecule has 0 radical (unpaired) electrons. The molecule has 0 aromatic heterocycles. The minimum absolute atomic E-state index is 0.0114. The molecule has 1 aliphatic heterocycles. The van der Waals surface area contributed by atoms with Gasteiger partial charge in [0.15, 0.2) is 5.78 Å². The average Bonchev–Trinajstić information content (AvgIpc) is 2.73. The summed E-state index contributed by atoms with van der Waals surface area (Å²) in [5.74, 6) is 0.290. The molecule has 0 saturated carbocycles. The summed E-state index contributed by atoms with van der Waals surface area (Å²) in [5.41, 5.74) is 3.49. The zero-order valence-corrected chi connectivity index (χ0v) is 16.0. The van der Waals surface area contributed by atoms with Crippen LogP contribution in [0.15, 0.2) is 78.9 Å². The first-order valence-electron chi connectivity index (χ1n) is 9.44. The minimum Gasteiger partial charge on any atom is -0.484 e. The van der Waals surface area contributed by atoms with Crippen molar-refractivity contribution >= 4 is 17.8 Å². The molecule has 1 atom stereocenters. The van der Waals surface area contributed by atoms with Gasteiger partial charge in [0.1, 0.15) is 17.6 Å². The molecule has 3 aromatic rings. The van der Waals surface area contributed by atoms with E-state index in [2.05, 4.69) is 0 Å². The number of ketones is 1. The fraction of sp³-hybridized carbons (Fsp3) is 0.120. The molecule has 4 rings (SSSR count). The van der Waals surface area contributed by atoms with Crippen molar-refractivity contribution in [3.8, 4) is 11.5 Å². The molecule has 0 saturated heterocycles. The van der Waals surface area contributed by atoms with Crippen LogP contribution in [-0.4, -0.2) is 11.8 Å². The average molecular weight is 384 g/mol. The van der Waals surface area contributed by atoms with E-state index in [4.69, 9.17) is 9.47 Å². The quantitative estimate of drug-likeness (QED) is 0.347. The Bertz CT molecular complexity index is 1080. The fourth-order valence-electron chi connectivity index (χ4n) is 3.31. The third kappa shape index (κ3) is 4.43. The summed E-state index contributed by atoms with van der Waals surface area (Å²) < 4.78 is 11.4. The van der Waals surface area contributed by atoms with Crippen LogP contribution in [0.1, 0.15) is 39.6 Å². The summed E-state index contributed by atoms with van der Waals surface area (Å²) >= 11 is 0. The van der Waals surface area contributed by atoms with Crippen LogP contribution in [0.2, 0.25) is 0 Å². The number of Topliss-reactive ketones (excluding diaryl/α,β-unsaturated/α-hetero) is 1. The normalized spacial score (nSPS) is 15.6. The molecule has 0 N–H and O–H groups in total. The minimum atomic E-state index is -0.492. The highest BCUT2D eigenvalue weighted by atomic mass is 16.5. The van der Waals surface area contributed by atoms with E-state index in [1.165, 1.54) is 6.08 Å². The molecule has 144 valence electrons. The molecule has 4 nitrogen and oxygen atoms in total. The number of hydrogen-bond acceptors (Lipinski definition) is 4. The van der Waals surface area contributed by atoms with Gasteiger partial charge in [-0.15, -0.1) is 0 Å². The standard InChI is InChI=1S/C25H20O4/c1-17-6-5-7-18(14-17)10-13-25(27)28-20-11-12-21-22(26)16-23(29-24(21)15-20)19-8-3-2-4-9-19/h2-15,23H,16H2,1H3/b13-10+. The summed E-state index contributed by atoms with van der Waals surface area (Å²) in [4.78, 5) is 24.7. The predicted molar refractivity (Wildman–Crippen MR) is 111 cm³/mol. The fourth-order valence-corrected chi connectivity index (χ4v) is 3.31. The molecule has 0 amide bonds. The Kier molecular flexibility index (Phi) is 5.25. The number of carbonyl (C=O) groups excluding carboxylic acids is 2. The van der Waals surface area contributed by atoms with Crippen LogP contribution in [0.5, 0.6) is 11.5 Å². The summed E-state index contributed by atoms with van der Waals surface area (Å²) in [6.07, 6.45) is 3.03. The second-order valence-corrected chi connectivity index (χ2v) is 6.97. The number of fused-ring (bicyclic) bond motifs is 1. The van der Waals surface area contributed by atoms with Crippen molar-refractivity contribution in [1.82, 2.24) is 0 Å². The maximum atomic E-state index is 12.5. The topological polar surface area (TPSA) is 52.6 Å². The van der Waals surface area contributed by atoms with E-state index in [1.54, 1.807) is 24.3 Å². The molecule has 0 bridgehead atoms. The summed E-state index contributed by atoms with van der Waals surface area (Å²) in [7, 11) is 0. The number of esters is 1. The maximum absolute atomic E-state index is 12.5. The molecule has 0 spiro atoms. The van der Waals surface area contributed by atoms with Crippen LogP contribution in [0.25, 0.3) is 6.08 Å². The smallest absolute Gasteiger partial charge is 0.336 e. The highest BCUT2D eigenvalue weighted by Crippen LogP contribution is 2.37. The Morgan fingerprint density at radius 2 is 1.86 bits per heavy atom. The van der Waals surface area contributed by atoms with Crippen LogP contribution in [0.4, 0.5) is 0 Å². The number of carbonyl (C=O) groups is 2. The lowest BCUT2D eigenvalue weighted by Crippen LogP contribution is -2.20. The van der Waals surface area contributed by atoms with Crippen LogP contribution < -0.4 is 9.47 Å². The predicted octanol–water partition coefficient (Wildman–Crippen LogP) is 5.32. The van der Waals surface area contributed by atoms with E-state index in [9.17, 15) is 9.59 Å². The number of aryl methyl sites for hydroxylation is 1. The zero-order valence-electron chi connectivity index (χ0n) is 16.0. The highest BCUT2D eigenvalue weighted by Gasteiger charge is 2.28. The Balaban J connectivity index is 1.49. The molecule has 3 aromatic carbocycles. The van der Waals surface area contributed by atoms with Gasteiger partial charge >= 0.3 is 5.97 Å². The van der Waals surface area contributed by atoms with Gasteiger partial charge in [-0.2, -0.15) is 0 Å². The van der Waals surface area contributed by atoms with Crippen LogP contribution in [0.3, 0.4) is 0 Å². The molecular formula is C25H20O4. The number of rotatable bonds is 4. The van der Waals surface area contributed by atoms with E-state index in [0.29, 0.717) is 17.1 Å². The lowest BCUT2D eigenvalue weighted by Gasteiger charge is -2.25. The van der Waals surface area contributed by atoms with E-state index in [0.717, 1.165) is 16.7 Å². The molecule has 0 fully saturated rings. The van der Waals surface area contributed by atoms with Crippen LogP contribution in [-0.2, 0) is 4.79 Å². The molecule has 1 aliphatic rings. The molecular weight excluding hydrogens is 364 g/mol. The zero-order chi connectivity index (χ0) is 20.2. The summed E-state index contributed by atoms with van der Waals surface area (Å²) in [5, 5.41) is 0. The van der Waals surface area contributed by atoms with E-state index >= 15 is 0 Å². The van der Waals surface area contributed by atoms with Crippen molar-refractivity contribution in [2.24, 2.45) is 0 Å². The first-order chi connectivity index (χ1) is 14.1. The van der Waals surface area contributed by atoms with Crippen LogP contribution in [0, 0.1) is 6.92 Å². The third-order valence-corrected chi connectivity index (χ3v) is 4.74. The van der Waals surface area contributed by atoms with Gasteiger partial charge < -0.3 is 9.47 Å². The van der Waals surface area contributed by atoms with Crippen LogP contribution >= 0.6 is 0 Å². The van der Waals surface area contributed by atoms with Gasteiger partial charge in [0, 0.05) is 12.1 Å². The monoisotopic (exact) mass is 384 g/mol. The lowest BCUT2D eigenvalue weighted by molar-refractivity contribution is -0.128. The number of hydrogen-bond donors (Lipinski definition) is 0. The van der Waals surface area contributed by atoms with Gasteiger partial charge in [-0.3, -0.25) is 4.79 Å². The van der Waals surface area contributed by atoms with E-state index in [-0.39, 0.29) is 18.3 Å². The van der Waals surface area contributed by atoms with Gasteiger partial charge in [0.25, 0.3) is 0 Å². The van der Waals surface area contributed by atoms with E-state index < -0.39 is 5.97 Å². The van der Waals surface area contributed by atoms with Crippen molar-refractivity contribution in [1.29, 1.82) is 0 Å². The first-order valence-corrected chi connectivity index (χ1v) is 9.44. The Hall–Kier alpha value is -3.66. The van der Waals surface area contributed by atoms with Gasteiger partial charge in [-0.25, -0.2) is 4.79 Å². The van der Waals surface area contributed by atoms with Crippen molar-refractivity contribution < 1.29 is 19.1 Å². The van der Waals surface area contributed by atoms with Gasteiger partial charge in [-0.05, 0) is 36.3 Å². The Morgan fingerprint density at radius 1 is 1.03 bits per heavy atom. The number of benzene rings is 3. The SMILES string of the molecule is Cc1cccc(/C=C/C(=O)Oc2ccc3c(c2)OC(c2ccccc2)CC3=O)c1.